The van der Waals surface area contributed by atoms with Crippen molar-refractivity contribution in [2.45, 2.75) is 45.4 Å². The maximum Gasteiger partial charge on any atom is 0.175 e. The fraction of sp³-hybridized carbons (Fsp3) is 0.438. The van der Waals surface area contributed by atoms with Gasteiger partial charge in [-0.25, -0.2) is 0 Å². The lowest BCUT2D eigenvalue weighted by Crippen LogP contribution is -1.99. The molecule has 2 rings (SSSR count). The van der Waals surface area contributed by atoms with Gasteiger partial charge in [0.1, 0.15) is 5.76 Å². The Kier molecular flexibility index (Phi) is 5.24. The van der Waals surface area contributed by atoms with Crippen molar-refractivity contribution < 1.29 is 4.52 Å². The first-order valence-corrected chi connectivity index (χ1v) is 7.97. The molecule has 1 aromatic carbocycles. The first-order chi connectivity index (χ1) is 9.67. The van der Waals surface area contributed by atoms with E-state index in [-0.39, 0.29) is 0 Å². The molecule has 0 fully saturated rings. The van der Waals surface area contributed by atoms with Gasteiger partial charge in [-0.15, -0.1) is 0 Å². The van der Waals surface area contributed by atoms with Crippen molar-refractivity contribution in [2.24, 2.45) is 0 Å². The SMILES string of the molecule is CCCCC(CC)c1onc(N)c1-c1ccc(Br)cc1. The van der Waals surface area contributed by atoms with Crippen LogP contribution in [0.1, 0.15) is 51.2 Å². The van der Waals surface area contributed by atoms with Crippen molar-refractivity contribution >= 4 is 21.7 Å². The second-order valence-corrected chi connectivity index (χ2v) is 5.98. The van der Waals surface area contributed by atoms with E-state index in [9.17, 15) is 0 Å². The molecule has 0 saturated heterocycles. The molecule has 0 spiro atoms. The third-order valence-electron chi connectivity index (χ3n) is 3.65. The average molecular weight is 337 g/mol. The van der Waals surface area contributed by atoms with Gasteiger partial charge in [-0.05, 0) is 30.5 Å². The van der Waals surface area contributed by atoms with Gasteiger partial charge in [0.15, 0.2) is 5.82 Å². The minimum atomic E-state index is 0.387. The average Bonchev–Trinajstić information content (AvgIpc) is 2.83. The lowest BCUT2D eigenvalue weighted by atomic mass is 9.91. The number of unbranched alkanes of at least 4 members (excludes halogenated alkanes) is 1. The fourth-order valence-corrected chi connectivity index (χ4v) is 2.74. The van der Waals surface area contributed by atoms with Crippen LogP contribution in [0, 0.1) is 0 Å². The molecular weight excluding hydrogens is 316 g/mol. The molecule has 0 aliphatic rings. The molecule has 2 aromatic rings. The minimum absolute atomic E-state index is 0.387. The van der Waals surface area contributed by atoms with Crippen molar-refractivity contribution in [2.75, 3.05) is 5.73 Å². The molecule has 1 atom stereocenters. The molecule has 2 N–H and O–H groups in total. The van der Waals surface area contributed by atoms with Crippen LogP contribution < -0.4 is 5.73 Å². The van der Waals surface area contributed by atoms with Gasteiger partial charge < -0.3 is 10.3 Å². The molecule has 0 amide bonds. The van der Waals surface area contributed by atoms with Crippen LogP contribution in [0.5, 0.6) is 0 Å². The molecule has 1 heterocycles. The molecule has 20 heavy (non-hydrogen) atoms. The Balaban J connectivity index is 2.37. The topological polar surface area (TPSA) is 52.0 Å². The molecule has 108 valence electrons. The summed E-state index contributed by atoms with van der Waals surface area (Å²) < 4.78 is 6.60. The smallest absolute Gasteiger partial charge is 0.175 e. The number of aromatic nitrogens is 1. The second kappa shape index (κ2) is 6.93. The Morgan fingerprint density at radius 3 is 2.55 bits per heavy atom. The highest BCUT2D eigenvalue weighted by molar-refractivity contribution is 9.10. The number of halogens is 1. The van der Waals surface area contributed by atoms with Gasteiger partial charge in [0.05, 0.1) is 5.56 Å². The number of nitrogen functional groups attached to an aromatic ring is 1. The summed E-state index contributed by atoms with van der Waals surface area (Å²) in [6, 6.07) is 8.11. The zero-order valence-electron chi connectivity index (χ0n) is 12.0. The molecule has 1 unspecified atom stereocenters. The number of nitrogens with zero attached hydrogens (tertiary/aromatic N) is 1. The summed E-state index contributed by atoms with van der Waals surface area (Å²) in [6.45, 7) is 4.39. The predicted molar refractivity (Wildman–Crippen MR) is 86.6 cm³/mol. The van der Waals surface area contributed by atoms with Gasteiger partial charge in [-0.2, -0.15) is 0 Å². The highest BCUT2D eigenvalue weighted by Crippen LogP contribution is 2.38. The maximum atomic E-state index is 6.02. The standard InChI is InChI=1S/C16H21BrN2O/c1-3-5-6-11(4-2)15-14(16(18)19-20-15)12-7-9-13(17)10-8-12/h7-11H,3-6H2,1-2H3,(H2,18,19). The first kappa shape index (κ1) is 15.1. The highest BCUT2D eigenvalue weighted by atomic mass is 79.9. The normalized spacial score (nSPS) is 12.6. The van der Waals surface area contributed by atoms with Crippen molar-refractivity contribution in [1.82, 2.24) is 5.16 Å². The largest absolute Gasteiger partial charge is 0.380 e. The third kappa shape index (κ3) is 3.23. The Hall–Kier alpha value is -1.29. The summed E-state index contributed by atoms with van der Waals surface area (Å²) in [6.07, 6.45) is 4.54. The summed E-state index contributed by atoms with van der Waals surface area (Å²) in [4.78, 5) is 0. The van der Waals surface area contributed by atoms with Crippen LogP contribution in [-0.2, 0) is 0 Å². The molecule has 0 aliphatic carbocycles. The van der Waals surface area contributed by atoms with Gasteiger partial charge in [-0.1, -0.05) is 59.9 Å². The van der Waals surface area contributed by atoms with Gasteiger partial charge in [0, 0.05) is 10.4 Å². The fourth-order valence-electron chi connectivity index (χ4n) is 2.47. The second-order valence-electron chi connectivity index (χ2n) is 5.06. The summed E-state index contributed by atoms with van der Waals surface area (Å²) in [7, 11) is 0. The van der Waals surface area contributed by atoms with E-state index in [0.717, 1.165) is 34.2 Å². The van der Waals surface area contributed by atoms with Gasteiger partial charge in [0.2, 0.25) is 0 Å². The number of nitrogens with two attached hydrogens (primary N) is 1. The summed E-state index contributed by atoms with van der Waals surface area (Å²) in [5.74, 6) is 1.80. The van der Waals surface area contributed by atoms with Gasteiger partial charge in [-0.3, -0.25) is 0 Å². The van der Waals surface area contributed by atoms with Crippen LogP contribution in [0.25, 0.3) is 11.1 Å². The Labute approximate surface area is 128 Å². The Morgan fingerprint density at radius 1 is 1.25 bits per heavy atom. The number of hydrogen-bond acceptors (Lipinski definition) is 3. The zero-order valence-corrected chi connectivity index (χ0v) is 13.6. The Bertz CT molecular complexity index is 548. The summed E-state index contributed by atoms with van der Waals surface area (Å²) in [5.41, 5.74) is 8.04. The third-order valence-corrected chi connectivity index (χ3v) is 4.18. The maximum absolute atomic E-state index is 6.02. The van der Waals surface area contributed by atoms with E-state index in [0.29, 0.717) is 11.7 Å². The van der Waals surface area contributed by atoms with E-state index in [2.05, 4.69) is 34.9 Å². The van der Waals surface area contributed by atoms with Crippen molar-refractivity contribution in [1.29, 1.82) is 0 Å². The van der Waals surface area contributed by atoms with Gasteiger partial charge in [0.25, 0.3) is 0 Å². The molecule has 0 radical (unpaired) electrons. The van der Waals surface area contributed by atoms with Crippen LogP contribution in [0.3, 0.4) is 0 Å². The number of rotatable bonds is 6. The monoisotopic (exact) mass is 336 g/mol. The van der Waals surface area contributed by atoms with Crippen LogP contribution in [0.2, 0.25) is 0 Å². The van der Waals surface area contributed by atoms with Crippen molar-refractivity contribution in [3.8, 4) is 11.1 Å². The van der Waals surface area contributed by atoms with E-state index in [4.69, 9.17) is 10.3 Å². The molecule has 1 aromatic heterocycles. The molecule has 0 bridgehead atoms. The van der Waals surface area contributed by atoms with Crippen molar-refractivity contribution in [3.05, 3.63) is 34.5 Å². The number of anilines is 1. The zero-order chi connectivity index (χ0) is 14.5. The van der Waals surface area contributed by atoms with E-state index < -0.39 is 0 Å². The number of hydrogen-bond donors (Lipinski definition) is 1. The van der Waals surface area contributed by atoms with E-state index >= 15 is 0 Å². The van der Waals surface area contributed by atoms with Gasteiger partial charge >= 0.3 is 0 Å². The lowest BCUT2D eigenvalue weighted by molar-refractivity contribution is 0.349. The van der Waals surface area contributed by atoms with Crippen LogP contribution in [-0.4, -0.2) is 5.16 Å². The Morgan fingerprint density at radius 2 is 1.95 bits per heavy atom. The molecular formula is C16H21BrN2O. The van der Waals surface area contributed by atoms with Crippen LogP contribution >= 0.6 is 15.9 Å². The van der Waals surface area contributed by atoms with Crippen LogP contribution in [0.4, 0.5) is 5.82 Å². The lowest BCUT2D eigenvalue weighted by Gasteiger charge is -2.13. The van der Waals surface area contributed by atoms with Crippen molar-refractivity contribution in [3.63, 3.8) is 0 Å². The molecule has 0 saturated carbocycles. The molecule has 3 nitrogen and oxygen atoms in total. The van der Waals surface area contributed by atoms with Crippen LogP contribution in [0.15, 0.2) is 33.3 Å². The number of benzene rings is 1. The highest BCUT2D eigenvalue weighted by Gasteiger charge is 2.22. The van der Waals surface area contributed by atoms with E-state index in [1.807, 2.05) is 24.3 Å². The van der Waals surface area contributed by atoms with E-state index in [1.54, 1.807) is 0 Å². The molecule has 4 heteroatoms. The quantitative estimate of drug-likeness (QED) is 0.771. The first-order valence-electron chi connectivity index (χ1n) is 7.18. The van der Waals surface area contributed by atoms with E-state index in [1.165, 1.54) is 12.8 Å². The minimum Gasteiger partial charge on any atom is -0.380 e. The summed E-state index contributed by atoms with van der Waals surface area (Å²) >= 11 is 3.45. The predicted octanol–water partition coefficient (Wildman–Crippen LogP) is 5.37. The molecule has 0 aliphatic heterocycles. The summed E-state index contributed by atoms with van der Waals surface area (Å²) in [5, 5.41) is 3.98.